The Morgan fingerprint density at radius 1 is 1.03 bits per heavy atom. The average Bonchev–Trinajstić information content (AvgIpc) is 3.27. The zero-order chi connectivity index (χ0) is 22.8. The number of rotatable bonds is 6. The molecule has 2 aromatic carbocycles. The Morgan fingerprint density at radius 2 is 1.78 bits per heavy atom. The first-order valence-corrected chi connectivity index (χ1v) is 10.2. The fraction of sp³-hybridized carbons (Fsp3) is 0.167. The molecule has 32 heavy (non-hydrogen) atoms. The quantitative estimate of drug-likeness (QED) is 0.426. The number of nitrogens with zero attached hydrogens (tertiary/aromatic N) is 1. The molecule has 0 bridgehead atoms. The number of pyridine rings is 1. The monoisotopic (exact) mass is 459 g/mol. The number of allylic oxidation sites excluding steroid dienone is 2. The zero-order valence-electron chi connectivity index (χ0n) is 16.7. The summed E-state index contributed by atoms with van der Waals surface area (Å²) in [5, 5.41) is 9.69. The highest BCUT2D eigenvalue weighted by Crippen LogP contribution is 2.43. The second-order valence-electron chi connectivity index (χ2n) is 7.27. The number of halogens is 4. The Morgan fingerprint density at radius 3 is 2.56 bits per heavy atom. The summed E-state index contributed by atoms with van der Waals surface area (Å²) in [4.78, 5) is 15.5. The molecule has 1 N–H and O–H groups in total. The lowest BCUT2D eigenvalue weighted by molar-refractivity contribution is 0.0690. The number of carboxylic acid groups (broad SMARTS) is 1. The molecule has 1 aliphatic carbocycles. The Bertz CT molecular complexity index is 1240. The molecule has 0 amide bonds. The molecule has 164 valence electrons. The van der Waals surface area contributed by atoms with Crippen molar-refractivity contribution in [1.82, 2.24) is 4.98 Å². The van der Waals surface area contributed by atoms with E-state index in [-0.39, 0.29) is 5.69 Å². The molecule has 0 saturated carbocycles. The van der Waals surface area contributed by atoms with Crippen molar-refractivity contribution in [3.63, 3.8) is 0 Å². The van der Waals surface area contributed by atoms with Gasteiger partial charge in [0, 0.05) is 10.6 Å². The van der Waals surface area contributed by atoms with Crippen molar-refractivity contribution in [2.24, 2.45) is 0 Å². The molecule has 8 heteroatoms. The highest BCUT2D eigenvalue weighted by atomic mass is 35.5. The van der Waals surface area contributed by atoms with Crippen LogP contribution in [0.3, 0.4) is 0 Å². The summed E-state index contributed by atoms with van der Waals surface area (Å²) >= 11 is 6.20. The summed E-state index contributed by atoms with van der Waals surface area (Å²) in [6.07, 6.45) is 2.14. The van der Waals surface area contributed by atoms with Crippen LogP contribution in [-0.2, 0) is 6.61 Å². The summed E-state index contributed by atoms with van der Waals surface area (Å²) in [7, 11) is 0. The second-order valence-corrected chi connectivity index (χ2v) is 7.71. The molecule has 4 nitrogen and oxygen atoms in total. The summed E-state index contributed by atoms with van der Waals surface area (Å²) in [5.41, 5.74) is 2.28. The van der Waals surface area contributed by atoms with E-state index in [1.165, 1.54) is 6.07 Å². The van der Waals surface area contributed by atoms with E-state index >= 15 is 0 Å². The van der Waals surface area contributed by atoms with Gasteiger partial charge in [-0.05, 0) is 72.9 Å². The molecule has 0 atom stereocenters. The molecule has 0 radical (unpaired) electrons. The van der Waals surface area contributed by atoms with E-state index in [0.717, 1.165) is 29.7 Å². The Kier molecular flexibility index (Phi) is 6.19. The van der Waals surface area contributed by atoms with E-state index in [9.17, 15) is 23.1 Å². The smallest absolute Gasteiger partial charge is 0.354 e. The topological polar surface area (TPSA) is 59.4 Å². The second kappa shape index (κ2) is 9.04. The van der Waals surface area contributed by atoms with Crippen molar-refractivity contribution in [3.05, 3.63) is 93.5 Å². The van der Waals surface area contributed by atoms with Gasteiger partial charge in [-0.15, -0.1) is 0 Å². The standard InChI is InChI=1S/C24H17ClF3NO3/c25-13-7-10-22(32-12-17-18(26)8-9-19(27)23(17)28)16(11-13)14-3-1-4-15(14)20-5-2-6-21(29-20)24(30)31/h2,5-11H,1,3-4,12H2,(H,30,31). The van der Waals surface area contributed by atoms with E-state index in [0.29, 0.717) is 34.9 Å². The van der Waals surface area contributed by atoms with Gasteiger partial charge in [0.2, 0.25) is 0 Å². The van der Waals surface area contributed by atoms with Crippen LogP contribution in [0.2, 0.25) is 5.02 Å². The van der Waals surface area contributed by atoms with Crippen LogP contribution < -0.4 is 4.74 Å². The molecule has 1 aromatic heterocycles. The highest BCUT2D eigenvalue weighted by Gasteiger charge is 2.23. The third-order valence-electron chi connectivity index (χ3n) is 5.27. The van der Waals surface area contributed by atoms with Crippen molar-refractivity contribution in [2.75, 3.05) is 0 Å². The molecule has 0 spiro atoms. The van der Waals surface area contributed by atoms with Gasteiger partial charge in [-0.2, -0.15) is 0 Å². The minimum Gasteiger partial charge on any atom is -0.488 e. The van der Waals surface area contributed by atoms with E-state index in [1.54, 1.807) is 30.3 Å². The van der Waals surface area contributed by atoms with Gasteiger partial charge in [-0.3, -0.25) is 0 Å². The van der Waals surface area contributed by atoms with Gasteiger partial charge in [-0.25, -0.2) is 22.9 Å². The average molecular weight is 460 g/mol. The lowest BCUT2D eigenvalue weighted by atomic mass is 9.99. The maximum absolute atomic E-state index is 14.0. The molecule has 4 rings (SSSR count). The molecule has 0 unspecified atom stereocenters. The van der Waals surface area contributed by atoms with Crippen molar-refractivity contribution < 1.29 is 27.8 Å². The van der Waals surface area contributed by atoms with E-state index in [2.05, 4.69) is 4.98 Å². The summed E-state index contributed by atoms with van der Waals surface area (Å²) in [5.74, 6) is -4.17. The van der Waals surface area contributed by atoms with Gasteiger partial charge in [0.15, 0.2) is 11.6 Å². The summed E-state index contributed by atoms with van der Waals surface area (Å²) in [6, 6.07) is 11.2. The van der Waals surface area contributed by atoms with Crippen LogP contribution in [0.5, 0.6) is 5.75 Å². The Balaban J connectivity index is 1.73. The molecule has 1 heterocycles. The Hall–Kier alpha value is -3.32. The lowest BCUT2D eigenvalue weighted by Crippen LogP contribution is -2.05. The molecule has 0 aliphatic heterocycles. The van der Waals surface area contributed by atoms with Crippen molar-refractivity contribution >= 4 is 28.7 Å². The van der Waals surface area contributed by atoms with Crippen LogP contribution in [0.15, 0.2) is 48.5 Å². The fourth-order valence-electron chi connectivity index (χ4n) is 3.76. The van der Waals surface area contributed by atoms with Gasteiger partial charge in [-0.1, -0.05) is 17.7 Å². The predicted molar refractivity (Wildman–Crippen MR) is 114 cm³/mol. The van der Waals surface area contributed by atoms with Gasteiger partial charge in [0.25, 0.3) is 0 Å². The number of hydrogen-bond acceptors (Lipinski definition) is 3. The van der Waals surface area contributed by atoms with Crippen LogP contribution in [0.25, 0.3) is 11.1 Å². The number of hydrogen-bond donors (Lipinski definition) is 1. The normalized spacial score (nSPS) is 13.5. The maximum Gasteiger partial charge on any atom is 0.354 e. The van der Waals surface area contributed by atoms with Gasteiger partial charge in [0.1, 0.15) is 23.9 Å². The van der Waals surface area contributed by atoms with Gasteiger partial charge >= 0.3 is 5.97 Å². The molecular formula is C24H17ClF3NO3. The minimum absolute atomic E-state index is 0.0686. The first-order valence-electron chi connectivity index (χ1n) is 9.83. The number of aromatic carboxylic acids is 1. The molecule has 0 saturated heterocycles. The molecular weight excluding hydrogens is 443 g/mol. The van der Waals surface area contributed by atoms with Crippen LogP contribution in [0.4, 0.5) is 13.2 Å². The first-order chi connectivity index (χ1) is 15.3. The summed E-state index contributed by atoms with van der Waals surface area (Å²) < 4.78 is 47.3. The highest BCUT2D eigenvalue weighted by molar-refractivity contribution is 6.30. The number of ether oxygens (including phenoxy) is 1. The number of benzene rings is 2. The minimum atomic E-state index is -1.30. The van der Waals surface area contributed by atoms with Crippen molar-refractivity contribution in [3.8, 4) is 5.75 Å². The van der Waals surface area contributed by atoms with E-state index < -0.39 is 35.6 Å². The number of carboxylic acids is 1. The fourth-order valence-corrected chi connectivity index (χ4v) is 3.93. The predicted octanol–water partition coefficient (Wildman–Crippen LogP) is 6.52. The molecule has 0 fully saturated rings. The Labute approximate surface area is 186 Å². The number of aromatic nitrogens is 1. The van der Waals surface area contributed by atoms with Crippen molar-refractivity contribution in [2.45, 2.75) is 25.9 Å². The van der Waals surface area contributed by atoms with E-state index in [4.69, 9.17) is 16.3 Å². The van der Waals surface area contributed by atoms with Crippen LogP contribution in [-0.4, -0.2) is 16.1 Å². The summed E-state index contributed by atoms with van der Waals surface area (Å²) in [6.45, 7) is -0.514. The van der Waals surface area contributed by atoms with Crippen LogP contribution in [0, 0.1) is 17.5 Å². The third kappa shape index (κ3) is 4.34. The largest absolute Gasteiger partial charge is 0.488 e. The van der Waals surface area contributed by atoms with Gasteiger partial charge < -0.3 is 9.84 Å². The molecule has 1 aliphatic rings. The van der Waals surface area contributed by atoms with Crippen molar-refractivity contribution in [1.29, 1.82) is 0 Å². The zero-order valence-corrected chi connectivity index (χ0v) is 17.4. The third-order valence-corrected chi connectivity index (χ3v) is 5.51. The van der Waals surface area contributed by atoms with E-state index in [1.807, 2.05) is 0 Å². The van der Waals surface area contributed by atoms with Gasteiger partial charge in [0.05, 0.1) is 11.3 Å². The van der Waals surface area contributed by atoms with Crippen LogP contribution >= 0.6 is 11.6 Å². The maximum atomic E-state index is 14.0. The SMILES string of the molecule is O=C(O)c1cccc(C2=C(c3cc(Cl)ccc3OCc3c(F)ccc(F)c3F)CCC2)n1. The van der Waals surface area contributed by atoms with Crippen LogP contribution in [0.1, 0.15) is 46.6 Å². The lowest BCUT2D eigenvalue weighted by Gasteiger charge is -2.15. The number of carbonyl (C=O) groups is 1. The molecule has 3 aromatic rings. The first kappa shape index (κ1) is 21.9.